The molecule has 0 aliphatic heterocycles. The summed E-state index contributed by atoms with van der Waals surface area (Å²) in [5.74, 6) is -0.986. The van der Waals surface area contributed by atoms with Crippen molar-refractivity contribution < 1.29 is 9.59 Å². The molecule has 1 aromatic heterocycles. The van der Waals surface area contributed by atoms with Gasteiger partial charge in [0.2, 0.25) is 5.91 Å². The molecule has 0 aliphatic rings. The lowest BCUT2D eigenvalue weighted by molar-refractivity contribution is -0.117. The molecule has 0 bridgehead atoms. The number of hydrogen-bond acceptors (Lipinski definition) is 4. The Balaban J connectivity index is 2.65. The number of amides is 2. The Hall–Kier alpha value is -1.40. The quantitative estimate of drug-likeness (QED) is 0.820. The Morgan fingerprint density at radius 1 is 1.38 bits per heavy atom. The van der Waals surface area contributed by atoms with Gasteiger partial charge in [-0.1, -0.05) is 23.2 Å². The molecule has 0 atom stereocenters. The first-order valence-electron chi connectivity index (χ1n) is 4.26. The van der Waals surface area contributed by atoms with Crippen molar-refractivity contribution in [3.05, 3.63) is 21.9 Å². The molecule has 86 valence electrons. The fourth-order valence-electron chi connectivity index (χ4n) is 0.907. The second-order valence-electron chi connectivity index (χ2n) is 2.84. The second-order valence-corrected chi connectivity index (χ2v) is 3.59. The average molecular weight is 263 g/mol. The summed E-state index contributed by atoms with van der Waals surface area (Å²) in [6, 6.07) is 1.29. The lowest BCUT2D eigenvalue weighted by atomic mass is 10.3. The number of hydrogen-bond donors (Lipinski definition) is 2. The van der Waals surface area contributed by atoms with E-state index in [1.807, 2.05) is 0 Å². The molecule has 1 aromatic rings. The smallest absolute Gasteiger partial charge is 0.254 e. The first-order valence-corrected chi connectivity index (χ1v) is 5.01. The third kappa shape index (κ3) is 3.63. The van der Waals surface area contributed by atoms with Crippen molar-refractivity contribution in [1.82, 2.24) is 15.5 Å². The SMILES string of the molecule is NC(=O)CCNC(=O)c1cc(Cl)nnc1Cl. The van der Waals surface area contributed by atoms with E-state index in [2.05, 4.69) is 15.5 Å². The van der Waals surface area contributed by atoms with Gasteiger partial charge < -0.3 is 11.1 Å². The highest BCUT2D eigenvalue weighted by molar-refractivity contribution is 6.34. The fraction of sp³-hybridized carbons (Fsp3) is 0.250. The molecule has 0 saturated carbocycles. The number of nitrogens with two attached hydrogens (primary N) is 1. The van der Waals surface area contributed by atoms with Crippen LogP contribution < -0.4 is 11.1 Å². The molecule has 0 aliphatic carbocycles. The van der Waals surface area contributed by atoms with Crippen LogP contribution in [0.3, 0.4) is 0 Å². The van der Waals surface area contributed by atoms with Crippen LogP contribution in [0.4, 0.5) is 0 Å². The van der Waals surface area contributed by atoms with E-state index in [9.17, 15) is 9.59 Å². The standard InChI is InChI=1S/C8H8Cl2N4O2/c9-5-3-4(7(10)14-13-5)8(16)12-2-1-6(11)15/h3H,1-2H2,(H2,11,15)(H,12,16). The van der Waals surface area contributed by atoms with Crippen molar-refractivity contribution in [2.75, 3.05) is 6.54 Å². The largest absolute Gasteiger partial charge is 0.370 e. The average Bonchev–Trinajstić information content (AvgIpc) is 2.21. The lowest BCUT2D eigenvalue weighted by Crippen LogP contribution is -2.28. The zero-order chi connectivity index (χ0) is 12.1. The Morgan fingerprint density at radius 2 is 2.06 bits per heavy atom. The Labute approximate surface area is 101 Å². The molecule has 2 amide bonds. The maximum Gasteiger partial charge on any atom is 0.254 e. The number of nitrogens with one attached hydrogen (secondary N) is 1. The van der Waals surface area contributed by atoms with Gasteiger partial charge in [0.15, 0.2) is 10.3 Å². The van der Waals surface area contributed by atoms with Crippen molar-refractivity contribution >= 4 is 35.0 Å². The molecule has 0 radical (unpaired) electrons. The van der Waals surface area contributed by atoms with Crippen LogP contribution in [0, 0.1) is 0 Å². The zero-order valence-corrected chi connectivity index (χ0v) is 9.55. The molecule has 8 heteroatoms. The van der Waals surface area contributed by atoms with E-state index in [1.165, 1.54) is 6.07 Å². The Kier molecular flexibility index (Phi) is 4.45. The number of carbonyl (C=O) groups excluding carboxylic acids is 2. The van der Waals surface area contributed by atoms with Crippen LogP contribution in [0.2, 0.25) is 10.3 Å². The highest BCUT2D eigenvalue weighted by Gasteiger charge is 2.12. The predicted octanol–water partition coefficient (Wildman–Crippen LogP) is 0.389. The minimum Gasteiger partial charge on any atom is -0.370 e. The van der Waals surface area contributed by atoms with Gasteiger partial charge >= 0.3 is 0 Å². The molecule has 0 unspecified atom stereocenters. The summed E-state index contributed by atoms with van der Waals surface area (Å²) in [4.78, 5) is 22.0. The topological polar surface area (TPSA) is 98.0 Å². The first-order chi connectivity index (χ1) is 7.50. The van der Waals surface area contributed by atoms with Gasteiger partial charge in [0, 0.05) is 13.0 Å². The molecule has 0 aromatic carbocycles. The Morgan fingerprint density at radius 3 is 2.69 bits per heavy atom. The van der Waals surface area contributed by atoms with Crippen LogP contribution in [0.25, 0.3) is 0 Å². The molecule has 16 heavy (non-hydrogen) atoms. The van der Waals surface area contributed by atoms with Gasteiger partial charge in [-0.2, -0.15) is 0 Å². The van der Waals surface area contributed by atoms with Gasteiger partial charge in [0.25, 0.3) is 5.91 Å². The van der Waals surface area contributed by atoms with Crippen LogP contribution >= 0.6 is 23.2 Å². The third-order valence-corrected chi connectivity index (χ3v) is 2.08. The van der Waals surface area contributed by atoms with Crippen molar-refractivity contribution in [3.8, 4) is 0 Å². The van der Waals surface area contributed by atoms with Gasteiger partial charge in [-0.05, 0) is 6.07 Å². The number of nitrogens with zero attached hydrogens (tertiary/aromatic N) is 2. The monoisotopic (exact) mass is 262 g/mol. The zero-order valence-electron chi connectivity index (χ0n) is 8.04. The van der Waals surface area contributed by atoms with Gasteiger partial charge in [-0.25, -0.2) is 0 Å². The molecule has 1 heterocycles. The van der Waals surface area contributed by atoms with Crippen molar-refractivity contribution in [1.29, 1.82) is 0 Å². The third-order valence-electron chi connectivity index (χ3n) is 1.62. The maximum absolute atomic E-state index is 11.5. The number of halogens is 2. The molecule has 6 nitrogen and oxygen atoms in total. The van der Waals surface area contributed by atoms with E-state index in [4.69, 9.17) is 28.9 Å². The van der Waals surface area contributed by atoms with E-state index in [1.54, 1.807) is 0 Å². The Bertz CT molecular complexity index is 424. The summed E-state index contributed by atoms with van der Waals surface area (Å²) < 4.78 is 0. The summed E-state index contributed by atoms with van der Waals surface area (Å²) in [5.41, 5.74) is 5.01. The van der Waals surface area contributed by atoms with Crippen molar-refractivity contribution in [2.24, 2.45) is 5.73 Å². The molecule has 0 saturated heterocycles. The van der Waals surface area contributed by atoms with Gasteiger partial charge in [-0.3, -0.25) is 9.59 Å². The minimum atomic E-state index is -0.503. The van der Waals surface area contributed by atoms with Crippen LogP contribution in [0.1, 0.15) is 16.8 Å². The molecular weight excluding hydrogens is 255 g/mol. The summed E-state index contributed by atoms with van der Waals surface area (Å²) in [5, 5.41) is 9.39. The highest BCUT2D eigenvalue weighted by Crippen LogP contribution is 2.14. The number of rotatable bonds is 4. The van der Waals surface area contributed by atoms with Crippen LogP contribution in [0.15, 0.2) is 6.07 Å². The second kappa shape index (κ2) is 5.62. The highest BCUT2D eigenvalue weighted by atomic mass is 35.5. The van der Waals surface area contributed by atoms with E-state index in [0.717, 1.165) is 0 Å². The van der Waals surface area contributed by atoms with Crippen LogP contribution in [0.5, 0.6) is 0 Å². The van der Waals surface area contributed by atoms with Crippen LogP contribution in [-0.2, 0) is 4.79 Å². The van der Waals surface area contributed by atoms with E-state index in [0.29, 0.717) is 0 Å². The van der Waals surface area contributed by atoms with Gasteiger partial charge in [-0.15, -0.1) is 10.2 Å². The first kappa shape index (κ1) is 12.7. The molecular formula is C8H8Cl2N4O2. The molecule has 3 N–H and O–H groups in total. The maximum atomic E-state index is 11.5. The lowest BCUT2D eigenvalue weighted by Gasteiger charge is -2.04. The molecule has 1 rings (SSSR count). The molecule has 0 fully saturated rings. The summed E-state index contributed by atoms with van der Waals surface area (Å²) in [7, 11) is 0. The van der Waals surface area contributed by atoms with Gasteiger partial charge in [0.05, 0.1) is 5.56 Å². The fourth-order valence-corrected chi connectivity index (χ4v) is 1.23. The number of carbonyl (C=O) groups is 2. The van der Waals surface area contributed by atoms with Gasteiger partial charge in [0.1, 0.15) is 0 Å². The molecule has 0 spiro atoms. The number of aromatic nitrogens is 2. The number of primary amides is 1. The predicted molar refractivity (Wildman–Crippen MR) is 58.2 cm³/mol. The van der Waals surface area contributed by atoms with E-state index in [-0.39, 0.29) is 28.8 Å². The van der Waals surface area contributed by atoms with Crippen LogP contribution in [-0.4, -0.2) is 28.6 Å². The summed E-state index contributed by atoms with van der Waals surface area (Å²) in [6.07, 6.45) is 0.0512. The summed E-state index contributed by atoms with van der Waals surface area (Å²) >= 11 is 11.2. The summed E-state index contributed by atoms with van der Waals surface area (Å²) in [6.45, 7) is 0.129. The van der Waals surface area contributed by atoms with E-state index >= 15 is 0 Å². The minimum absolute atomic E-state index is 0.0512. The van der Waals surface area contributed by atoms with Crippen molar-refractivity contribution in [2.45, 2.75) is 6.42 Å². The van der Waals surface area contributed by atoms with Crippen molar-refractivity contribution in [3.63, 3.8) is 0 Å². The van der Waals surface area contributed by atoms with E-state index < -0.39 is 11.8 Å². The normalized spacial score (nSPS) is 9.88.